The normalized spacial score (nSPS) is 17.3. The lowest BCUT2D eigenvalue weighted by Gasteiger charge is -2.38. The van der Waals surface area contributed by atoms with Gasteiger partial charge < -0.3 is 11.1 Å². The van der Waals surface area contributed by atoms with E-state index in [4.69, 9.17) is 5.73 Å². The number of hydrogen-bond donors (Lipinski definition) is 2. The molecule has 2 rings (SSSR count). The Labute approximate surface area is 102 Å². The monoisotopic (exact) mass is 232 g/mol. The summed E-state index contributed by atoms with van der Waals surface area (Å²) in [6.07, 6.45) is 3.70. The Balaban J connectivity index is 1.99. The van der Waals surface area contributed by atoms with Gasteiger partial charge in [0, 0.05) is 17.8 Å². The van der Waals surface area contributed by atoms with Crippen molar-refractivity contribution in [2.24, 2.45) is 5.41 Å². The van der Waals surface area contributed by atoms with Gasteiger partial charge in [0.1, 0.15) is 0 Å². The van der Waals surface area contributed by atoms with E-state index in [9.17, 15) is 4.79 Å². The molecular weight excluding hydrogens is 212 g/mol. The molecule has 0 saturated heterocycles. The maximum absolute atomic E-state index is 12.0. The Hall–Kier alpha value is -1.51. The van der Waals surface area contributed by atoms with Gasteiger partial charge in [-0.25, -0.2) is 0 Å². The van der Waals surface area contributed by atoms with Crippen LogP contribution in [0.3, 0.4) is 0 Å². The van der Waals surface area contributed by atoms with Crippen LogP contribution >= 0.6 is 0 Å². The van der Waals surface area contributed by atoms with Crippen molar-refractivity contribution in [3.05, 3.63) is 29.3 Å². The molecule has 1 aliphatic rings. The summed E-state index contributed by atoms with van der Waals surface area (Å²) < 4.78 is 0. The number of rotatable bonds is 3. The molecule has 0 aromatic heterocycles. The zero-order chi connectivity index (χ0) is 12.5. The molecule has 1 saturated carbocycles. The minimum Gasteiger partial charge on any atom is -0.399 e. The summed E-state index contributed by atoms with van der Waals surface area (Å²) in [5, 5.41) is 3.00. The first kappa shape index (κ1) is 12.0. The fraction of sp³-hybridized carbons (Fsp3) is 0.500. The Morgan fingerprint density at radius 2 is 2.12 bits per heavy atom. The van der Waals surface area contributed by atoms with E-state index in [1.807, 2.05) is 19.1 Å². The maximum Gasteiger partial charge on any atom is 0.251 e. The van der Waals surface area contributed by atoms with Gasteiger partial charge in [0.15, 0.2) is 0 Å². The molecule has 0 atom stereocenters. The van der Waals surface area contributed by atoms with Crippen LogP contribution in [0.5, 0.6) is 0 Å². The zero-order valence-electron chi connectivity index (χ0n) is 10.5. The van der Waals surface area contributed by atoms with Crippen molar-refractivity contribution in [1.82, 2.24) is 5.32 Å². The molecule has 3 N–H and O–H groups in total. The number of benzene rings is 1. The van der Waals surface area contributed by atoms with Crippen molar-refractivity contribution >= 4 is 11.6 Å². The average Bonchev–Trinajstić information content (AvgIpc) is 2.22. The molecular formula is C14H20N2O. The standard InChI is InChI=1S/C14H20N2O/c1-10-6-11(8-12(15)7-10)13(17)16-9-14(2)4-3-5-14/h6-8H,3-5,9,15H2,1-2H3,(H,16,17). The summed E-state index contributed by atoms with van der Waals surface area (Å²) in [4.78, 5) is 12.0. The summed E-state index contributed by atoms with van der Waals surface area (Å²) in [5.41, 5.74) is 8.37. The van der Waals surface area contributed by atoms with Crippen molar-refractivity contribution in [3.8, 4) is 0 Å². The maximum atomic E-state index is 12.0. The molecule has 92 valence electrons. The second-order valence-electron chi connectivity index (χ2n) is 5.48. The molecule has 1 aromatic rings. The van der Waals surface area contributed by atoms with Gasteiger partial charge in [-0.1, -0.05) is 13.3 Å². The minimum absolute atomic E-state index is 0.0199. The number of amides is 1. The highest BCUT2D eigenvalue weighted by Crippen LogP contribution is 2.39. The molecule has 1 aliphatic carbocycles. The summed E-state index contributed by atoms with van der Waals surface area (Å²) in [5.74, 6) is -0.0199. The number of nitrogen functional groups attached to an aromatic ring is 1. The molecule has 1 aromatic carbocycles. The Morgan fingerprint density at radius 3 is 2.65 bits per heavy atom. The quantitative estimate of drug-likeness (QED) is 0.787. The van der Waals surface area contributed by atoms with Crippen molar-refractivity contribution in [2.45, 2.75) is 33.1 Å². The first-order chi connectivity index (χ1) is 7.98. The van der Waals surface area contributed by atoms with E-state index in [1.54, 1.807) is 6.07 Å². The zero-order valence-corrected chi connectivity index (χ0v) is 10.5. The Morgan fingerprint density at radius 1 is 1.41 bits per heavy atom. The van der Waals surface area contributed by atoms with Crippen molar-refractivity contribution < 1.29 is 4.79 Å². The molecule has 3 nitrogen and oxygen atoms in total. The van der Waals surface area contributed by atoms with Crippen LogP contribution in [0.1, 0.15) is 42.1 Å². The minimum atomic E-state index is -0.0199. The third-order valence-corrected chi connectivity index (χ3v) is 3.60. The molecule has 0 aliphatic heterocycles. The molecule has 0 heterocycles. The van der Waals surface area contributed by atoms with E-state index in [-0.39, 0.29) is 5.91 Å². The highest BCUT2D eigenvalue weighted by Gasteiger charge is 2.31. The highest BCUT2D eigenvalue weighted by atomic mass is 16.1. The molecule has 0 bridgehead atoms. The molecule has 1 fully saturated rings. The van der Waals surface area contributed by atoms with Gasteiger partial charge in [0.2, 0.25) is 0 Å². The van der Waals surface area contributed by atoms with Crippen LogP contribution in [-0.4, -0.2) is 12.5 Å². The van der Waals surface area contributed by atoms with Crippen LogP contribution in [0.4, 0.5) is 5.69 Å². The number of nitrogens with two attached hydrogens (primary N) is 1. The van der Waals surface area contributed by atoms with Crippen molar-refractivity contribution in [3.63, 3.8) is 0 Å². The van der Waals surface area contributed by atoms with Gasteiger partial charge in [0.25, 0.3) is 5.91 Å². The lowest BCUT2D eigenvalue weighted by Crippen LogP contribution is -2.39. The van der Waals surface area contributed by atoms with Gasteiger partial charge >= 0.3 is 0 Å². The SMILES string of the molecule is Cc1cc(N)cc(C(=O)NCC2(C)CCC2)c1. The number of aryl methyl sites for hydroxylation is 1. The van der Waals surface area contributed by atoms with E-state index in [2.05, 4.69) is 12.2 Å². The highest BCUT2D eigenvalue weighted by molar-refractivity contribution is 5.95. The summed E-state index contributed by atoms with van der Waals surface area (Å²) in [6.45, 7) is 4.93. The van der Waals surface area contributed by atoms with Crippen LogP contribution in [0.15, 0.2) is 18.2 Å². The van der Waals surface area contributed by atoms with Crippen LogP contribution in [-0.2, 0) is 0 Å². The molecule has 0 spiro atoms. The van der Waals surface area contributed by atoms with Gasteiger partial charge in [-0.3, -0.25) is 4.79 Å². The largest absolute Gasteiger partial charge is 0.399 e. The number of nitrogens with one attached hydrogen (secondary N) is 1. The second kappa shape index (κ2) is 4.40. The molecule has 17 heavy (non-hydrogen) atoms. The molecule has 0 unspecified atom stereocenters. The molecule has 0 radical (unpaired) electrons. The third-order valence-electron chi connectivity index (χ3n) is 3.60. The van der Waals surface area contributed by atoms with Gasteiger partial charge in [-0.05, 0) is 48.9 Å². The van der Waals surface area contributed by atoms with Crippen molar-refractivity contribution in [1.29, 1.82) is 0 Å². The van der Waals surface area contributed by atoms with E-state index < -0.39 is 0 Å². The van der Waals surface area contributed by atoms with E-state index in [1.165, 1.54) is 19.3 Å². The first-order valence-corrected chi connectivity index (χ1v) is 6.14. The Kier molecular flexibility index (Phi) is 3.09. The van der Waals surface area contributed by atoms with Crippen molar-refractivity contribution in [2.75, 3.05) is 12.3 Å². The number of carbonyl (C=O) groups is 1. The lowest BCUT2D eigenvalue weighted by atomic mass is 9.70. The number of carbonyl (C=O) groups excluding carboxylic acids is 1. The third kappa shape index (κ3) is 2.78. The summed E-state index contributed by atoms with van der Waals surface area (Å²) in [7, 11) is 0. The van der Waals surface area contributed by atoms with Crippen LogP contribution in [0.2, 0.25) is 0 Å². The predicted octanol–water partition coefficient (Wildman–Crippen LogP) is 2.50. The summed E-state index contributed by atoms with van der Waals surface area (Å²) >= 11 is 0. The van der Waals surface area contributed by atoms with Gasteiger partial charge in [0.05, 0.1) is 0 Å². The number of anilines is 1. The fourth-order valence-electron chi connectivity index (χ4n) is 2.30. The van der Waals surface area contributed by atoms with Crippen LogP contribution < -0.4 is 11.1 Å². The van der Waals surface area contributed by atoms with E-state index in [0.29, 0.717) is 16.7 Å². The van der Waals surface area contributed by atoms with Crippen LogP contribution in [0.25, 0.3) is 0 Å². The number of hydrogen-bond acceptors (Lipinski definition) is 2. The van der Waals surface area contributed by atoms with E-state index >= 15 is 0 Å². The topological polar surface area (TPSA) is 55.1 Å². The van der Waals surface area contributed by atoms with Gasteiger partial charge in [-0.15, -0.1) is 0 Å². The van der Waals surface area contributed by atoms with Crippen LogP contribution in [0, 0.1) is 12.3 Å². The molecule has 1 amide bonds. The fourth-order valence-corrected chi connectivity index (χ4v) is 2.30. The first-order valence-electron chi connectivity index (χ1n) is 6.14. The average molecular weight is 232 g/mol. The predicted molar refractivity (Wildman–Crippen MR) is 69.9 cm³/mol. The molecule has 3 heteroatoms. The second-order valence-corrected chi connectivity index (χ2v) is 5.48. The van der Waals surface area contributed by atoms with Gasteiger partial charge in [-0.2, -0.15) is 0 Å². The van der Waals surface area contributed by atoms with E-state index in [0.717, 1.165) is 12.1 Å². The smallest absolute Gasteiger partial charge is 0.251 e. The summed E-state index contributed by atoms with van der Waals surface area (Å²) in [6, 6.07) is 5.46. The Bertz CT molecular complexity index is 416. The lowest BCUT2D eigenvalue weighted by molar-refractivity contribution is 0.0891.